The van der Waals surface area contributed by atoms with Crippen LogP contribution in [0.1, 0.15) is 16.2 Å². The fraction of sp³-hybridized carbons (Fsp3) is 0.167. The highest BCUT2D eigenvalue weighted by molar-refractivity contribution is 9.10. The van der Waals surface area contributed by atoms with E-state index in [2.05, 4.69) is 25.8 Å². The lowest BCUT2D eigenvalue weighted by molar-refractivity contribution is 0.0949. The van der Waals surface area contributed by atoms with Crippen molar-refractivity contribution < 1.29 is 14.3 Å². The predicted molar refractivity (Wildman–Crippen MR) is 124 cm³/mol. The molecule has 31 heavy (non-hydrogen) atoms. The Hall–Kier alpha value is -3.32. The first-order valence-corrected chi connectivity index (χ1v) is 10.7. The lowest BCUT2D eigenvalue weighted by Gasteiger charge is -2.13. The molecule has 0 atom stereocenters. The van der Waals surface area contributed by atoms with Gasteiger partial charge in [-0.2, -0.15) is 0 Å². The van der Waals surface area contributed by atoms with Gasteiger partial charge in [0, 0.05) is 10.0 Å². The maximum absolute atomic E-state index is 12.5. The van der Waals surface area contributed by atoms with Gasteiger partial charge in [-0.15, -0.1) is 0 Å². The van der Waals surface area contributed by atoms with E-state index >= 15 is 0 Å². The molecule has 4 aromatic rings. The number of methoxy groups -OCH3 is 1. The number of nitrogens with one attached hydrogen (secondary N) is 1. The molecule has 158 valence electrons. The average Bonchev–Trinajstić information content (AvgIpc) is 3.16. The van der Waals surface area contributed by atoms with Crippen molar-refractivity contribution in [2.24, 2.45) is 0 Å². The highest BCUT2D eigenvalue weighted by Gasteiger charge is 2.13. The van der Waals surface area contributed by atoms with Crippen LogP contribution in [0.3, 0.4) is 0 Å². The standard InChI is InChI=1S/C24H22BrN3O3/c1-30-21-8-4-5-9-22(21)31-15-14-28-20-7-3-2-6-19(20)27-23(28)16-26-24(29)17-10-12-18(25)13-11-17/h2-13H,14-16H2,1H3,(H,26,29). The van der Waals surface area contributed by atoms with E-state index in [1.54, 1.807) is 19.2 Å². The minimum absolute atomic E-state index is 0.142. The number of imidazole rings is 1. The number of fused-ring (bicyclic) bond motifs is 1. The van der Waals surface area contributed by atoms with Crippen LogP contribution in [0.5, 0.6) is 11.5 Å². The molecule has 0 aliphatic heterocycles. The molecule has 0 saturated carbocycles. The van der Waals surface area contributed by atoms with Crippen molar-refractivity contribution in [1.82, 2.24) is 14.9 Å². The average molecular weight is 480 g/mol. The third-order valence-electron chi connectivity index (χ3n) is 4.89. The minimum atomic E-state index is -0.142. The van der Waals surface area contributed by atoms with Gasteiger partial charge in [0.1, 0.15) is 12.4 Å². The summed E-state index contributed by atoms with van der Waals surface area (Å²) in [5.74, 6) is 2.02. The summed E-state index contributed by atoms with van der Waals surface area (Å²) in [7, 11) is 1.62. The van der Waals surface area contributed by atoms with E-state index in [0.29, 0.717) is 36.8 Å². The van der Waals surface area contributed by atoms with E-state index in [4.69, 9.17) is 14.5 Å². The van der Waals surface area contributed by atoms with Crippen molar-refractivity contribution in [1.29, 1.82) is 0 Å². The number of aromatic nitrogens is 2. The fourth-order valence-corrected chi connectivity index (χ4v) is 3.62. The number of hydrogen-bond donors (Lipinski definition) is 1. The zero-order chi connectivity index (χ0) is 21.6. The highest BCUT2D eigenvalue weighted by atomic mass is 79.9. The van der Waals surface area contributed by atoms with Crippen molar-refractivity contribution in [2.45, 2.75) is 13.1 Å². The number of ether oxygens (including phenoxy) is 2. The Morgan fingerprint density at radius 1 is 1.00 bits per heavy atom. The van der Waals surface area contributed by atoms with E-state index in [9.17, 15) is 4.79 Å². The Morgan fingerprint density at radius 2 is 1.71 bits per heavy atom. The van der Waals surface area contributed by atoms with Gasteiger partial charge in [-0.25, -0.2) is 4.98 Å². The number of carbonyl (C=O) groups excluding carboxylic acids is 1. The molecule has 7 heteroatoms. The van der Waals surface area contributed by atoms with Crippen LogP contribution in [-0.2, 0) is 13.1 Å². The summed E-state index contributed by atoms with van der Waals surface area (Å²) in [6.45, 7) is 1.34. The van der Waals surface area contributed by atoms with Crippen LogP contribution in [-0.4, -0.2) is 29.2 Å². The molecule has 0 aliphatic rings. The van der Waals surface area contributed by atoms with E-state index in [0.717, 1.165) is 21.3 Å². The number of para-hydroxylation sites is 4. The molecular weight excluding hydrogens is 458 g/mol. The molecule has 0 saturated heterocycles. The maximum atomic E-state index is 12.5. The van der Waals surface area contributed by atoms with E-state index in [1.807, 2.05) is 60.7 Å². The van der Waals surface area contributed by atoms with Crippen LogP contribution in [0.15, 0.2) is 77.3 Å². The minimum Gasteiger partial charge on any atom is -0.493 e. The Bertz CT molecular complexity index is 1190. The van der Waals surface area contributed by atoms with Crippen LogP contribution >= 0.6 is 15.9 Å². The van der Waals surface area contributed by atoms with Gasteiger partial charge in [0.15, 0.2) is 11.5 Å². The van der Waals surface area contributed by atoms with Crippen LogP contribution in [0.2, 0.25) is 0 Å². The van der Waals surface area contributed by atoms with Gasteiger partial charge in [0.05, 0.1) is 31.2 Å². The van der Waals surface area contributed by atoms with Crippen LogP contribution in [0.4, 0.5) is 0 Å². The van der Waals surface area contributed by atoms with Crippen molar-refractivity contribution in [3.63, 3.8) is 0 Å². The van der Waals surface area contributed by atoms with Crippen LogP contribution in [0.25, 0.3) is 11.0 Å². The summed E-state index contributed by atoms with van der Waals surface area (Å²) in [6, 6.07) is 22.7. The van der Waals surface area contributed by atoms with Crippen LogP contribution < -0.4 is 14.8 Å². The predicted octanol–water partition coefficient (Wildman–Crippen LogP) is 4.82. The summed E-state index contributed by atoms with van der Waals surface area (Å²) in [4.78, 5) is 17.2. The van der Waals surface area contributed by atoms with Crippen molar-refractivity contribution in [3.8, 4) is 11.5 Å². The van der Waals surface area contributed by atoms with Crippen molar-refractivity contribution >= 4 is 32.9 Å². The molecule has 1 N–H and O–H groups in total. The van der Waals surface area contributed by atoms with Gasteiger partial charge in [0.2, 0.25) is 0 Å². The number of carbonyl (C=O) groups is 1. The summed E-state index contributed by atoms with van der Waals surface area (Å²) < 4.78 is 14.3. The number of rotatable bonds is 8. The first kappa shape index (κ1) is 20.9. The molecule has 0 bridgehead atoms. The van der Waals surface area contributed by atoms with Gasteiger partial charge in [-0.3, -0.25) is 4.79 Å². The molecular formula is C24H22BrN3O3. The summed E-state index contributed by atoms with van der Waals surface area (Å²) in [6.07, 6.45) is 0. The fourth-order valence-electron chi connectivity index (χ4n) is 3.36. The lowest BCUT2D eigenvalue weighted by atomic mass is 10.2. The topological polar surface area (TPSA) is 65.4 Å². The zero-order valence-electron chi connectivity index (χ0n) is 17.0. The first-order chi connectivity index (χ1) is 15.2. The molecule has 1 heterocycles. The quantitative estimate of drug-likeness (QED) is 0.393. The van der Waals surface area contributed by atoms with Gasteiger partial charge in [-0.05, 0) is 48.5 Å². The first-order valence-electron chi connectivity index (χ1n) is 9.89. The molecule has 0 radical (unpaired) electrons. The third kappa shape index (κ3) is 4.88. The molecule has 1 aromatic heterocycles. The number of benzene rings is 3. The van der Waals surface area contributed by atoms with Gasteiger partial charge >= 0.3 is 0 Å². The molecule has 0 unspecified atom stereocenters. The molecule has 0 spiro atoms. The number of halogens is 1. The second-order valence-electron chi connectivity index (χ2n) is 6.86. The maximum Gasteiger partial charge on any atom is 0.251 e. The number of hydrogen-bond acceptors (Lipinski definition) is 4. The van der Waals surface area contributed by atoms with Gasteiger partial charge < -0.3 is 19.4 Å². The second-order valence-corrected chi connectivity index (χ2v) is 7.77. The molecule has 1 amide bonds. The van der Waals surface area contributed by atoms with Gasteiger partial charge in [-0.1, -0.05) is 40.2 Å². The van der Waals surface area contributed by atoms with E-state index in [1.165, 1.54) is 0 Å². The Labute approximate surface area is 188 Å². The SMILES string of the molecule is COc1ccccc1OCCn1c(CNC(=O)c2ccc(Br)cc2)nc2ccccc21. The van der Waals surface area contributed by atoms with Gasteiger partial charge in [0.25, 0.3) is 5.91 Å². The Balaban J connectivity index is 1.49. The van der Waals surface area contributed by atoms with Crippen LogP contribution in [0, 0.1) is 0 Å². The monoisotopic (exact) mass is 479 g/mol. The lowest BCUT2D eigenvalue weighted by Crippen LogP contribution is -2.25. The number of amides is 1. The summed E-state index contributed by atoms with van der Waals surface area (Å²) in [5.41, 5.74) is 2.48. The molecule has 0 aliphatic carbocycles. The Kier molecular flexibility index (Phi) is 6.52. The Morgan fingerprint density at radius 3 is 2.48 bits per heavy atom. The van der Waals surface area contributed by atoms with E-state index < -0.39 is 0 Å². The zero-order valence-corrected chi connectivity index (χ0v) is 18.6. The largest absolute Gasteiger partial charge is 0.493 e. The third-order valence-corrected chi connectivity index (χ3v) is 5.42. The number of nitrogens with zero attached hydrogens (tertiary/aromatic N) is 2. The normalized spacial score (nSPS) is 10.8. The molecule has 3 aromatic carbocycles. The van der Waals surface area contributed by atoms with Crippen molar-refractivity contribution in [3.05, 3.63) is 88.7 Å². The summed E-state index contributed by atoms with van der Waals surface area (Å²) in [5, 5.41) is 2.96. The van der Waals surface area contributed by atoms with Crippen molar-refractivity contribution in [2.75, 3.05) is 13.7 Å². The molecule has 0 fully saturated rings. The molecule has 4 rings (SSSR count). The highest BCUT2D eigenvalue weighted by Crippen LogP contribution is 2.26. The summed E-state index contributed by atoms with van der Waals surface area (Å²) >= 11 is 3.38. The second kappa shape index (κ2) is 9.66. The molecule has 6 nitrogen and oxygen atoms in total. The smallest absolute Gasteiger partial charge is 0.251 e. The van der Waals surface area contributed by atoms with E-state index in [-0.39, 0.29) is 5.91 Å².